The number of nitrogens with zero attached hydrogens (tertiary/aromatic N) is 2. The summed E-state index contributed by atoms with van der Waals surface area (Å²) in [5.74, 6) is -0.575. The lowest BCUT2D eigenvalue weighted by molar-refractivity contribution is -0.140. The van der Waals surface area contributed by atoms with Crippen LogP contribution in [0.25, 0.3) is 0 Å². The van der Waals surface area contributed by atoms with Crippen LogP contribution in [0.1, 0.15) is 30.5 Å². The number of anilines is 1. The fraction of sp³-hybridized carbons (Fsp3) is 0.257. The van der Waals surface area contributed by atoms with Crippen molar-refractivity contribution >= 4 is 43.5 Å². The van der Waals surface area contributed by atoms with Crippen LogP contribution in [0.3, 0.4) is 0 Å². The second kappa shape index (κ2) is 15.2. The van der Waals surface area contributed by atoms with E-state index < -0.39 is 28.5 Å². The Morgan fingerprint density at radius 3 is 2.07 bits per heavy atom. The molecule has 1 unspecified atom stereocenters. The van der Waals surface area contributed by atoms with Gasteiger partial charge in [-0.1, -0.05) is 114 Å². The molecule has 0 aliphatic heterocycles. The number of hydrogen-bond acceptors (Lipinski definition) is 4. The Hall–Kier alpha value is -3.95. The van der Waals surface area contributed by atoms with Crippen molar-refractivity contribution in [3.8, 4) is 0 Å². The average Bonchev–Trinajstić information content (AvgIpc) is 3.02. The van der Waals surface area contributed by atoms with E-state index >= 15 is 0 Å². The summed E-state index contributed by atoms with van der Waals surface area (Å²) in [7, 11) is -4.14. The molecule has 0 radical (unpaired) electrons. The van der Waals surface area contributed by atoms with E-state index in [9.17, 15) is 18.0 Å². The van der Waals surface area contributed by atoms with E-state index in [1.807, 2.05) is 75.4 Å². The number of carbonyl (C=O) groups excluding carboxylic acids is 2. The quantitative estimate of drug-likeness (QED) is 0.179. The van der Waals surface area contributed by atoms with E-state index in [0.717, 1.165) is 21.0 Å². The minimum Gasteiger partial charge on any atom is -0.354 e. The summed E-state index contributed by atoms with van der Waals surface area (Å²) in [6.07, 6.45) is 0.269. The number of amides is 2. The van der Waals surface area contributed by atoms with Crippen LogP contribution in [0.15, 0.2) is 119 Å². The van der Waals surface area contributed by atoms with Crippen LogP contribution >= 0.6 is 15.9 Å². The van der Waals surface area contributed by atoms with Crippen LogP contribution in [-0.2, 0) is 32.6 Å². The highest BCUT2D eigenvalue weighted by molar-refractivity contribution is 9.10. The van der Waals surface area contributed by atoms with Crippen molar-refractivity contribution in [3.63, 3.8) is 0 Å². The number of aryl methyl sites for hydroxylation is 1. The molecule has 0 aromatic heterocycles. The number of hydrogen-bond donors (Lipinski definition) is 1. The second-order valence-electron chi connectivity index (χ2n) is 11.2. The van der Waals surface area contributed by atoms with Gasteiger partial charge in [0.05, 0.1) is 10.6 Å². The molecule has 9 heteroatoms. The molecule has 0 saturated heterocycles. The van der Waals surface area contributed by atoms with E-state index in [-0.39, 0.29) is 29.7 Å². The Morgan fingerprint density at radius 1 is 0.818 bits per heavy atom. The molecule has 4 rings (SSSR count). The van der Waals surface area contributed by atoms with Gasteiger partial charge in [0, 0.05) is 24.0 Å². The SMILES string of the molecule is Cc1ccc(CN(C(=O)CN(c2cccc(Br)c2)S(=O)(=O)c2ccccc2)C(Cc2ccccc2)C(=O)NCC(C)C)cc1. The Bertz CT molecular complexity index is 1650. The summed E-state index contributed by atoms with van der Waals surface area (Å²) < 4.78 is 29.8. The average molecular weight is 677 g/mol. The summed E-state index contributed by atoms with van der Waals surface area (Å²) in [6, 6.07) is 31.3. The molecular formula is C35H38BrN3O4S. The number of carbonyl (C=O) groups is 2. The highest BCUT2D eigenvalue weighted by Crippen LogP contribution is 2.27. The zero-order valence-corrected chi connectivity index (χ0v) is 27.6. The van der Waals surface area contributed by atoms with Crippen LogP contribution in [0.4, 0.5) is 5.69 Å². The van der Waals surface area contributed by atoms with Crippen molar-refractivity contribution in [2.24, 2.45) is 5.92 Å². The van der Waals surface area contributed by atoms with Crippen molar-refractivity contribution in [3.05, 3.63) is 130 Å². The Kier molecular flexibility index (Phi) is 11.4. The van der Waals surface area contributed by atoms with Crippen molar-refractivity contribution in [1.29, 1.82) is 0 Å². The smallest absolute Gasteiger partial charge is 0.264 e. The molecule has 0 aliphatic carbocycles. The van der Waals surface area contributed by atoms with Gasteiger partial charge in [0.2, 0.25) is 11.8 Å². The zero-order chi connectivity index (χ0) is 31.7. The van der Waals surface area contributed by atoms with Gasteiger partial charge in [0.1, 0.15) is 12.6 Å². The minimum atomic E-state index is -4.14. The van der Waals surface area contributed by atoms with E-state index in [4.69, 9.17) is 0 Å². The molecule has 0 heterocycles. The van der Waals surface area contributed by atoms with Crippen molar-refractivity contribution in [2.45, 2.75) is 44.7 Å². The van der Waals surface area contributed by atoms with Crippen molar-refractivity contribution in [1.82, 2.24) is 10.2 Å². The lowest BCUT2D eigenvalue weighted by Crippen LogP contribution is -2.53. The zero-order valence-electron chi connectivity index (χ0n) is 25.2. The Labute approximate surface area is 269 Å². The first-order valence-corrected chi connectivity index (χ1v) is 16.8. The number of rotatable bonds is 13. The van der Waals surface area contributed by atoms with Crippen molar-refractivity contribution in [2.75, 3.05) is 17.4 Å². The topological polar surface area (TPSA) is 86.8 Å². The van der Waals surface area contributed by atoms with Gasteiger partial charge < -0.3 is 10.2 Å². The van der Waals surface area contributed by atoms with Crippen molar-refractivity contribution < 1.29 is 18.0 Å². The molecule has 0 saturated carbocycles. The van der Waals surface area contributed by atoms with E-state index in [0.29, 0.717) is 16.7 Å². The standard InChI is InChI=1S/C35H38BrN3O4S/c1-26(2)23-37-35(41)33(21-28-11-6-4-7-12-28)38(24-29-19-17-27(3)18-20-29)34(40)25-39(31-14-10-13-30(36)22-31)44(42,43)32-15-8-5-9-16-32/h4-20,22,26,33H,21,23-25H2,1-3H3,(H,37,41). The highest BCUT2D eigenvalue weighted by atomic mass is 79.9. The van der Waals surface area contributed by atoms with Crippen LogP contribution < -0.4 is 9.62 Å². The molecule has 1 N–H and O–H groups in total. The molecule has 0 fully saturated rings. The second-order valence-corrected chi connectivity index (χ2v) is 13.9. The molecule has 0 bridgehead atoms. The first-order chi connectivity index (χ1) is 21.0. The van der Waals surface area contributed by atoms with E-state index in [2.05, 4.69) is 21.2 Å². The summed E-state index contributed by atoms with van der Waals surface area (Å²) in [4.78, 5) is 29.9. The predicted octanol–water partition coefficient (Wildman–Crippen LogP) is 6.37. The molecule has 4 aromatic rings. The number of sulfonamides is 1. The van der Waals surface area contributed by atoms with Gasteiger partial charge in [-0.3, -0.25) is 13.9 Å². The molecule has 44 heavy (non-hydrogen) atoms. The van der Waals surface area contributed by atoms with Crippen LogP contribution in [0, 0.1) is 12.8 Å². The lowest BCUT2D eigenvalue weighted by Gasteiger charge is -2.34. The first kappa shape index (κ1) is 33.0. The minimum absolute atomic E-state index is 0.0633. The molecule has 2 amide bonds. The maximum atomic E-state index is 14.5. The molecule has 7 nitrogen and oxygen atoms in total. The number of nitrogens with one attached hydrogen (secondary N) is 1. The summed E-state index contributed by atoms with van der Waals surface area (Å²) in [6.45, 7) is 6.07. The van der Waals surface area contributed by atoms with Gasteiger partial charge >= 0.3 is 0 Å². The van der Waals surface area contributed by atoms with Crippen LogP contribution in [-0.4, -0.2) is 44.3 Å². The lowest BCUT2D eigenvalue weighted by atomic mass is 10.0. The maximum absolute atomic E-state index is 14.5. The number of halogens is 1. The normalized spacial score (nSPS) is 12.0. The first-order valence-electron chi connectivity index (χ1n) is 14.5. The Balaban J connectivity index is 1.79. The monoisotopic (exact) mass is 675 g/mol. The maximum Gasteiger partial charge on any atom is 0.264 e. The third-order valence-electron chi connectivity index (χ3n) is 7.14. The fourth-order valence-corrected chi connectivity index (χ4v) is 6.56. The van der Waals surface area contributed by atoms with Gasteiger partial charge in [-0.05, 0) is 54.3 Å². The molecule has 4 aromatic carbocycles. The molecule has 0 spiro atoms. The molecule has 230 valence electrons. The molecule has 1 atom stereocenters. The molecule has 0 aliphatic rings. The van der Waals surface area contributed by atoms with Crippen LogP contribution in [0.5, 0.6) is 0 Å². The predicted molar refractivity (Wildman–Crippen MR) is 179 cm³/mol. The fourth-order valence-electron chi connectivity index (χ4n) is 4.75. The van der Waals surface area contributed by atoms with Gasteiger partial charge in [-0.25, -0.2) is 8.42 Å². The third-order valence-corrected chi connectivity index (χ3v) is 9.42. The van der Waals surface area contributed by atoms with Gasteiger partial charge in [0.15, 0.2) is 0 Å². The van der Waals surface area contributed by atoms with Gasteiger partial charge in [-0.2, -0.15) is 0 Å². The molecular weight excluding hydrogens is 638 g/mol. The largest absolute Gasteiger partial charge is 0.354 e. The summed E-state index contributed by atoms with van der Waals surface area (Å²) in [5, 5.41) is 3.01. The van der Waals surface area contributed by atoms with E-state index in [1.165, 1.54) is 17.0 Å². The number of benzene rings is 4. The van der Waals surface area contributed by atoms with Crippen LogP contribution in [0.2, 0.25) is 0 Å². The highest BCUT2D eigenvalue weighted by Gasteiger charge is 2.34. The summed E-state index contributed by atoms with van der Waals surface area (Å²) in [5.41, 5.74) is 3.12. The Morgan fingerprint density at radius 2 is 1.45 bits per heavy atom. The van der Waals surface area contributed by atoms with Gasteiger partial charge in [0.25, 0.3) is 10.0 Å². The van der Waals surface area contributed by atoms with E-state index in [1.54, 1.807) is 42.5 Å². The van der Waals surface area contributed by atoms with Gasteiger partial charge in [-0.15, -0.1) is 0 Å². The third kappa shape index (κ3) is 8.80. The summed E-state index contributed by atoms with van der Waals surface area (Å²) >= 11 is 3.44.